The van der Waals surface area contributed by atoms with Crippen molar-refractivity contribution in [1.82, 2.24) is 0 Å². The van der Waals surface area contributed by atoms with Crippen LogP contribution in [0.15, 0.2) is 18.2 Å². The van der Waals surface area contributed by atoms with Gasteiger partial charge in [-0.1, -0.05) is 11.6 Å². The zero-order valence-electron chi connectivity index (χ0n) is 10.2. The number of phenols is 6. The molecule has 0 fully saturated rings. The minimum Gasteiger partial charge on any atom is -0.505 e. The van der Waals surface area contributed by atoms with Gasteiger partial charge in [-0.25, -0.2) is 0 Å². The summed E-state index contributed by atoms with van der Waals surface area (Å²) in [7, 11) is 0. The highest BCUT2D eigenvalue weighted by atomic mass is 35.5. The Kier molecular flexibility index (Phi) is 3.44. The fourth-order valence-electron chi connectivity index (χ4n) is 1.69. The molecule has 0 bridgehead atoms. The Morgan fingerprint density at radius 3 is 2.00 bits per heavy atom. The molecule has 0 saturated carbocycles. The highest BCUT2D eigenvalue weighted by Gasteiger charge is 2.27. The Bertz CT molecular complexity index is 726. The van der Waals surface area contributed by atoms with Crippen LogP contribution in [0, 0.1) is 0 Å². The molecule has 2 aromatic carbocycles. The molecule has 110 valence electrons. The number of carbonyl (C=O) groups is 1. The van der Waals surface area contributed by atoms with E-state index in [1.807, 2.05) is 0 Å². The van der Waals surface area contributed by atoms with Gasteiger partial charge in [-0.05, 0) is 18.2 Å². The molecule has 21 heavy (non-hydrogen) atoms. The second-order valence-electron chi connectivity index (χ2n) is 4.12. The van der Waals surface area contributed by atoms with Crippen molar-refractivity contribution in [2.45, 2.75) is 0 Å². The number of hydrogen-bond acceptors (Lipinski definition) is 7. The maximum absolute atomic E-state index is 12.2. The zero-order valence-corrected chi connectivity index (χ0v) is 11.0. The minimum absolute atomic E-state index is 0.197. The lowest BCUT2D eigenvalue weighted by Crippen LogP contribution is -2.03. The molecule has 8 heteroatoms. The van der Waals surface area contributed by atoms with Crippen LogP contribution in [0.5, 0.6) is 34.5 Å². The van der Waals surface area contributed by atoms with Crippen molar-refractivity contribution in [2.75, 3.05) is 0 Å². The van der Waals surface area contributed by atoms with Crippen LogP contribution in [0.1, 0.15) is 15.9 Å². The van der Waals surface area contributed by atoms with E-state index < -0.39 is 50.9 Å². The van der Waals surface area contributed by atoms with Crippen LogP contribution in [-0.2, 0) is 0 Å². The van der Waals surface area contributed by atoms with Crippen molar-refractivity contribution in [3.63, 3.8) is 0 Å². The molecule has 0 amide bonds. The lowest BCUT2D eigenvalue weighted by atomic mass is 10.00. The van der Waals surface area contributed by atoms with E-state index >= 15 is 0 Å². The number of benzene rings is 2. The first-order valence-corrected chi connectivity index (χ1v) is 5.85. The summed E-state index contributed by atoms with van der Waals surface area (Å²) in [5.74, 6) is -6.08. The first-order valence-electron chi connectivity index (χ1n) is 5.47. The second kappa shape index (κ2) is 4.95. The Hall–Kier alpha value is -2.80. The molecule has 2 aromatic rings. The van der Waals surface area contributed by atoms with Gasteiger partial charge < -0.3 is 30.6 Å². The molecular weight excluding hydrogens is 304 g/mol. The predicted octanol–water partition coefficient (Wildman–Crippen LogP) is 1.80. The van der Waals surface area contributed by atoms with Crippen LogP contribution in [0.2, 0.25) is 5.02 Å². The summed E-state index contributed by atoms with van der Waals surface area (Å²) in [4.78, 5) is 12.2. The number of halogens is 1. The van der Waals surface area contributed by atoms with E-state index in [0.29, 0.717) is 0 Å². The Balaban J connectivity index is 2.66. The molecule has 6 N–H and O–H groups in total. The van der Waals surface area contributed by atoms with E-state index in [9.17, 15) is 35.4 Å². The van der Waals surface area contributed by atoms with Crippen molar-refractivity contribution >= 4 is 17.4 Å². The molecule has 0 radical (unpaired) electrons. The monoisotopic (exact) mass is 312 g/mol. The van der Waals surface area contributed by atoms with Crippen molar-refractivity contribution in [3.8, 4) is 34.5 Å². The highest BCUT2D eigenvalue weighted by Crippen LogP contribution is 2.49. The van der Waals surface area contributed by atoms with Crippen LogP contribution in [-0.4, -0.2) is 36.4 Å². The molecule has 0 atom stereocenters. The Labute approximate surface area is 122 Å². The molecule has 0 heterocycles. The lowest BCUT2D eigenvalue weighted by molar-refractivity contribution is 0.103. The first-order chi connectivity index (χ1) is 9.75. The van der Waals surface area contributed by atoms with Crippen LogP contribution < -0.4 is 0 Å². The molecule has 0 spiro atoms. The third-order valence-corrected chi connectivity index (χ3v) is 3.16. The molecular formula is C13H9ClO7. The Morgan fingerprint density at radius 1 is 0.810 bits per heavy atom. The fraction of sp³-hybridized carbons (Fsp3) is 0. The molecule has 0 aromatic heterocycles. The van der Waals surface area contributed by atoms with Gasteiger partial charge in [0, 0.05) is 5.56 Å². The second-order valence-corrected chi connectivity index (χ2v) is 4.49. The van der Waals surface area contributed by atoms with E-state index in [1.54, 1.807) is 0 Å². The van der Waals surface area contributed by atoms with Crippen molar-refractivity contribution in [2.24, 2.45) is 0 Å². The summed E-state index contributed by atoms with van der Waals surface area (Å²) in [6.45, 7) is 0. The van der Waals surface area contributed by atoms with Crippen LogP contribution in [0.3, 0.4) is 0 Å². The van der Waals surface area contributed by atoms with Crippen LogP contribution in [0.25, 0.3) is 0 Å². The van der Waals surface area contributed by atoms with Crippen LogP contribution >= 0.6 is 11.6 Å². The van der Waals surface area contributed by atoms with Crippen molar-refractivity contribution in [3.05, 3.63) is 34.3 Å². The fourth-order valence-corrected chi connectivity index (χ4v) is 1.88. The maximum Gasteiger partial charge on any atom is 0.202 e. The number of hydrogen-bond donors (Lipinski definition) is 6. The van der Waals surface area contributed by atoms with Gasteiger partial charge in [0.05, 0.1) is 0 Å². The van der Waals surface area contributed by atoms with E-state index in [2.05, 4.69) is 0 Å². The van der Waals surface area contributed by atoms with E-state index in [0.717, 1.165) is 18.2 Å². The third-order valence-electron chi connectivity index (χ3n) is 2.80. The van der Waals surface area contributed by atoms with Crippen molar-refractivity contribution in [1.29, 1.82) is 0 Å². The average molecular weight is 313 g/mol. The summed E-state index contributed by atoms with van der Waals surface area (Å²) in [5, 5.41) is 56.0. The van der Waals surface area contributed by atoms with Crippen molar-refractivity contribution < 1.29 is 35.4 Å². The molecule has 7 nitrogen and oxygen atoms in total. The molecule has 0 aliphatic heterocycles. The van der Waals surface area contributed by atoms with Crippen LogP contribution in [0.4, 0.5) is 0 Å². The SMILES string of the molecule is O=C(c1ccc(O)c(O)c1)c1c(O)c(O)c(O)c(Cl)c1O. The van der Waals surface area contributed by atoms with Gasteiger partial charge in [-0.2, -0.15) is 0 Å². The van der Waals surface area contributed by atoms with Gasteiger partial charge in [0.25, 0.3) is 0 Å². The molecule has 0 saturated heterocycles. The summed E-state index contributed by atoms with van der Waals surface area (Å²) in [5.41, 5.74) is -0.947. The highest BCUT2D eigenvalue weighted by molar-refractivity contribution is 6.35. The smallest absolute Gasteiger partial charge is 0.202 e. The quantitative estimate of drug-likeness (QED) is 0.282. The van der Waals surface area contributed by atoms with Gasteiger partial charge in [-0.3, -0.25) is 4.79 Å². The number of phenolic OH excluding ortho intramolecular Hbond substituents is 6. The van der Waals surface area contributed by atoms with E-state index in [-0.39, 0.29) is 5.56 Å². The molecule has 2 rings (SSSR count). The number of carbonyl (C=O) groups excluding carboxylic acids is 1. The van der Waals surface area contributed by atoms with Gasteiger partial charge in [0.2, 0.25) is 11.5 Å². The standard InChI is InChI=1S/C13H9ClO7/c14-8-10(18)7(11(19)13(21)12(8)20)9(17)4-1-2-5(15)6(16)3-4/h1-3,15-16,18-21H. The van der Waals surface area contributed by atoms with Gasteiger partial charge in [0.1, 0.15) is 10.6 Å². The molecule has 0 aliphatic rings. The normalized spacial score (nSPS) is 10.5. The van der Waals surface area contributed by atoms with Gasteiger partial charge >= 0.3 is 0 Å². The molecule has 0 aliphatic carbocycles. The van der Waals surface area contributed by atoms with Gasteiger partial charge in [0.15, 0.2) is 28.7 Å². The third kappa shape index (κ3) is 2.23. The summed E-state index contributed by atoms with van der Waals surface area (Å²) in [6, 6.07) is 3.04. The number of rotatable bonds is 2. The van der Waals surface area contributed by atoms with E-state index in [1.165, 1.54) is 0 Å². The molecule has 0 unspecified atom stereocenters. The lowest BCUT2D eigenvalue weighted by Gasteiger charge is -2.11. The summed E-state index contributed by atoms with van der Waals surface area (Å²) < 4.78 is 0. The summed E-state index contributed by atoms with van der Waals surface area (Å²) in [6.07, 6.45) is 0. The Morgan fingerprint density at radius 2 is 1.43 bits per heavy atom. The van der Waals surface area contributed by atoms with E-state index in [4.69, 9.17) is 11.6 Å². The summed E-state index contributed by atoms with van der Waals surface area (Å²) >= 11 is 5.54. The predicted molar refractivity (Wildman–Crippen MR) is 71.3 cm³/mol. The largest absolute Gasteiger partial charge is 0.505 e. The minimum atomic E-state index is -1.07. The average Bonchev–Trinajstić information content (AvgIpc) is 2.46. The van der Waals surface area contributed by atoms with Gasteiger partial charge in [-0.15, -0.1) is 0 Å². The number of aromatic hydroxyl groups is 6. The zero-order chi connectivity index (χ0) is 15.9. The number of ketones is 1. The maximum atomic E-state index is 12.2. The first kappa shape index (κ1) is 14.6. The topological polar surface area (TPSA) is 138 Å².